The van der Waals surface area contributed by atoms with Gasteiger partial charge in [0.25, 0.3) is 0 Å². The number of alkyl halides is 3. The van der Waals surface area contributed by atoms with E-state index in [2.05, 4.69) is 0 Å². The van der Waals surface area contributed by atoms with Crippen LogP contribution in [0.5, 0.6) is 5.75 Å². The summed E-state index contributed by atoms with van der Waals surface area (Å²) in [6.45, 7) is 0.490. The summed E-state index contributed by atoms with van der Waals surface area (Å²) in [5.74, 6) is 0.848. The number of rotatable bonds is 1. The molecule has 0 radical (unpaired) electrons. The van der Waals surface area contributed by atoms with E-state index in [1.54, 1.807) is 11.3 Å². The van der Waals surface area contributed by atoms with Crippen molar-refractivity contribution < 1.29 is 17.9 Å². The second kappa shape index (κ2) is 5.13. The normalized spacial score (nSPS) is 13.2. The van der Waals surface area contributed by atoms with Crippen molar-refractivity contribution in [2.45, 2.75) is 12.8 Å². The Balaban J connectivity index is 1.74. The molecular formula is C18H11F3OS. The fourth-order valence-corrected chi connectivity index (χ4v) is 3.87. The molecule has 0 saturated heterocycles. The van der Waals surface area contributed by atoms with Crippen LogP contribution in [0.4, 0.5) is 13.2 Å². The molecule has 0 unspecified atom stereocenters. The highest BCUT2D eigenvalue weighted by atomic mass is 32.1. The lowest BCUT2D eigenvalue weighted by atomic mass is 10.1. The van der Waals surface area contributed by atoms with Crippen molar-refractivity contribution in [3.8, 4) is 26.6 Å². The Morgan fingerprint density at radius 1 is 0.957 bits per heavy atom. The molecule has 1 nitrogen and oxygen atoms in total. The molecule has 2 heterocycles. The van der Waals surface area contributed by atoms with Crippen molar-refractivity contribution in [1.29, 1.82) is 0 Å². The third-order valence-electron chi connectivity index (χ3n) is 3.82. The van der Waals surface area contributed by atoms with Crippen LogP contribution in [-0.2, 0) is 12.8 Å². The number of halogens is 3. The van der Waals surface area contributed by atoms with Crippen LogP contribution >= 0.6 is 11.3 Å². The van der Waals surface area contributed by atoms with Gasteiger partial charge in [0.15, 0.2) is 0 Å². The van der Waals surface area contributed by atoms with Gasteiger partial charge in [0.05, 0.1) is 5.56 Å². The summed E-state index contributed by atoms with van der Waals surface area (Å²) >= 11 is 1.58. The molecule has 0 amide bonds. The zero-order valence-corrected chi connectivity index (χ0v) is 12.7. The summed E-state index contributed by atoms with van der Waals surface area (Å²) in [5.41, 5.74) is 2.27. The molecule has 0 aliphatic carbocycles. The van der Waals surface area contributed by atoms with Crippen LogP contribution in [0.15, 0.2) is 54.6 Å². The van der Waals surface area contributed by atoms with E-state index >= 15 is 0 Å². The number of hydrogen-bond donors (Lipinski definition) is 0. The highest BCUT2D eigenvalue weighted by molar-refractivity contribution is 7.19. The van der Waals surface area contributed by atoms with Gasteiger partial charge in [-0.25, -0.2) is 0 Å². The summed E-state index contributed by atoms with van der Waals surface area (Å²) in [6.07, 6.45) is -4.31. The van der Waals surface area contributed by atoms with E-state index in [9.17, 15) is 13.2 Å². The highest BCUT2D eigenvalue weighted by Crippen LogP contribution is 2.45. The zero-order valence-electron chi connectivity index (χ0n) is 11.9. The number of fused-ring (bicyclic) bond motifs is 3. The predicted molar refractivity (Wildman–Crippen MR) is 84.5 cm³/mol. The van der Waals surface area contributed by atoms with Gasteiger partial charge >= 0.3 is 6.18 Å². The van der Waals surface area contributed by atoms with E-state index in [4.69, 9.17) is 4.74 Å². The van der Waals surface area contributed by atoms with E-state index < -0.39 is 11.7 Å². The molecule has 3 aromatic rings. The van der Waals surface area contributed by atoms with Gasteiger partial charge in [-0.2, -0.15) is 13.2 Å². The van der Waals surface area contributed by atoms with E-state index in [1.807, 2.05) is 30.3 Å². The minimum Gasteiger partial charge on any atom is -0.488 e. The first-order chi connectivity index (χ1) is 11.0. The number of ether oxygens (including phenoxy) is 1. The maximum absolute atomic E-state index is 12.7. The molecule has 116 valence electrons. The number of hydrogen-bond acceptors (Lipinski definition) is 2. The average molecular weight is 332 g/mol. The van der Waals surface area contributed by atoms with Crippen LogP contribution in [0.2, 0.25) is 0 Å². The molecule has 0 N–H and O–H groups in total. The second-order valence-corrected chi connectivity index (χ2v) is 6.38. The Bertz CT molecular complexity index is 863. The molecule has 1 aliphatic rings. The largest absolute Gasteiger partial charge is 0.488 e. The molecule has 23 heavy (non-hydrogen) atoms. The Labute approximate surface area is 135 Å². The molecule has 1 aromatic heterocycles. The van der Waals surface area contributed by atoms with Gasteiger partial charge < -0.3 is 4.74 Å². The lowest BCUT2D eigenvalue weighted by Crippen LogP contribution is -2.03. The van der Waals surface area contributed by atoms with Crippen LogP contribution in [0, 0.1) is 0 Å². The van der Waals surface area contributed by atoms with Crippen molar-refractivity contribution in [2.75, 3.05) is 0 Å². The molecule has 0 spiro atoms. The number of para-hydroxylation sites is 1. The van der Waals surface area contributed by atoms with Gasteiger partial charge in [-0.1, -0.05) is 24.3 Å². The Morgan fingerprint density at radius 3 is 2.43 bits per heavy atom. The maximum Gasteiger partial charge on any atom is 0.416 e. The number of thiophene rings is 1. The zero-order chi connectivity index (χ0) is 16.0. The Kier molecular flexibility index (Phi) is 3.20. The summed E-state index contributed by atoms with van der Waals surface area (Å²) in [5, 5.41) is 0. The quantitative estimate of drug-likeness (QED) is 0.531. The predicted octanol–water partition coefficient (Wildman–Crippen LogP) is 5.99. The molecule has 5 heteroatoms. The molecule has 0 bridgehead atoms. The van der Waals surface area contributed by atoms with Crippen molar-refractivity contribution in [3.05, 3.63) is 65.7 Å². The molecule has 4 rings (SSSR count). The average Bonchev–Trinajstić information content (AvgIpc) is 2.99. The molecule has 0 atom stereocenters. The smallest absolute Gasteiger partial charge is 0.416 e. The van der Waals surface area contributed by atoms with Gasteiger partial charge in [-0.3, -0.25) is 0 Å². The van der Waals surface area contributed by atoms with Crippen molar-refractivity contribution >= 4 is 11.3 Å². The van der Waals surface area contributed by atoms with E-state index in [0.29, 0.717) is 6.61 Å². The lowest BCUT2D eigenvalue weighted by Gasteiger charge is -2.16. The molecule has 0 saturated carbocycles. The van der Waals surface area contributed by atoms with Crippen LogP contribution in [0.3, 0.4) is 0 Å². The lowest BCUT2D eigenvalue weighted by molar-refractivity contribution is -0.137. The molecular weight excluding hydrogens is 321 g/mol. The summed E-state index contributed by atoms with van der Waals surface area (Å²) in [7, 11) is 0. The SMILES string of the molecule is FC(F)(F)c1ccc(-c2cc3c(s2)-c2ccccc2OC3)cc1. The van der Waals surface area contributed by atoms with Gasteiger partial charge in [-0.15, -0.1) is 11.3 Å². The third-order valence-corrected chi connectivity index (χ3v) is 5.08. The fraction of sp³-hybridized carbons (Fsp3) is 0.111. The minimum atomic E-state index is -4.31. The number of benzene rings is 2. The van der Waals surface area contributed by atoms with Crippen molar-refractivity contribution in [1.82, 2.24) is 0 Å². The second-order valence-electron chi connectivity index (χ2n) is 5.32. The van der Waals surface area contributed by atoms with Crippen molar-refractivity contribution in [2.24, 2.45) is 0 Å². The first-order valence-electron chi connectivity index (χ1n) is 7.05. The molecule has 2 aromatic carbocycles. The highest BCUT2D eigenvalue weighted by Gasteiger charge is 2.30. The van der Waals surface area contributed by atoms with Crippen molar-refractivity contribution in [3.63, 3.8) is 0 Å². The van der Waals surface area contributed by atoms with Gasteiger partial charge in [0.2, 0.25) is 0 Å². The van der Waals surface area contributed by atoms with Crippen LogP contribution in [0.25, 0.3) is 20.9 Å². The Hall–Kier alpha value is -2.27. The molecule has 1 aliphatic heterocycles. The van der Waals surface area contributed by atoms with Crippen LogP contribution < -0.4 is 4.74 Å². The first-order valence-corrected chi connectivity index (χ1v) is 7.86. The maximum atomic E-state index is 12.7. The Morgan fingerprint density at radius 2 is 1.70 bits per heavy atom. The molecule has 0 fully saturated rings. The van der Waals surface area contributed by atoms with E-state index in [-0.39, 0.29) is 0 Å². The van der Waals surface area contributed by atoms with Gasteiger partial charge in [0, 0.05) is 20.9 Å². The van der Waals surface area contributed by atoms with E-state index in [0.717, 1.165) is 44.3 Å². The summed E-state index contributed by atoms with van der Waals surface area (Å²) in [4.78, 5) is 2.07. The minimum absolute atomic E-state index is 0.490. The standard InChI is InChI=1S/C18H11F3OS/c19-18(20,21)13-7-5-11(6-8-13)16-9-12-10-22-15-4-2-1-3-14(15)17(12)23-16/h1-9H,10H2. The first kappa shape index (κ1) is 14.3. The van der Waals surface area contributed by atoms with Gasteiger partial charge in [-0.05, 0) is 35.9 Å². The van der Waals surface area contributed by atoms with E-state index in [1.165, 1.54) is 12.1 Å². The summed E-state index contributed by atoms with van der Waals surface area (Å²) in [6, 6.07) is 15.1. The van der Waals surface area contributed by atoms with Crippen LogP contribution in [0.1, 0.15) is 11.1 Å². The van der Waals surface area contributed by atoms with Crippen LogP contribution in [-0.4, -0.2) is 0 Å². The third kappa shape index (κ3) is 2.51. The fourth-order valence-electron chi connectivity index (χ4n) is 2.67. The topological polar surface area (TPSA) is 9.23 Å². The van der Waals surface area contributed by atoms with Gasteiger partial charge in [0.1, 0.15) is 12.4 Å². The monoisotopic (exact) mass is 332 g/mol. The summed E-state index contributed by atoms with van der Waals surface area (Å²) < 4.78 is 43.7.